The summed E-state index contributed by atoms with van der Waals surface area (Å²) in [5.41, 5.74) is 2.50. The molecule has 98 valence electrons. The standard InChI is InChI=1S/C19H17N/c1-2-6-17(7-3-1)15-20-13-12-16-10-11-18-8-4-5-9-19(18)14-16/h1-11,14-15H,12-13H2. The third-order valence-corrected chi connectivity index (χ3v) is 3.38. The van der Waals surface area contributed by atoms with Crippen molar-refractivity contribution < 1.29 is 0 Å². The zero-order chi connectivity index (χ0) is 13.6. The molecule has 0 radical (unpaired) electrons. The number of nitrogens with zero attached hydrogens (tertiary/aromatic N) is 1. The molecule has 0 saturated carbocycles. The number of benzene rings is 3. The van der Waals surface area contributed by atoms with Gasteiger partial charge in [0, 0.05) is 12.8 Å². The Labute approximate surface area is 119 Å². The van der Waals surface area contributed by atoms with Crippen LogP contribution in [0.2, 0.25) is 0 Å². The molecule has 3 aromatic carbocycles. The van der Waals surface area contributed by atoms with E-state index in [1.807, 2.05) is 24.4 Å². The van der Waals surface area contributed by atoms with E-state index in [2.05, 4.69) is 59.6 Å². The van der Waals surface area contributed by atoms with Crippen LogP contribution in [0.3, 0.4) is 0 Å². The number of aliphatic imine (C=N–C) groups is 1. The van der Waals surface area contributed by atoms with Gasteiger partial charge in [-0.2, -0.15) is 0 Å². The quantitative estimate of drug-likeness (QED) is 0.612. The first-order valence-corrected chi connectivity index (χ1v) is 6.94. The van der Waals surface area contributed by atoms with Crippen molar-refractivity contribution in [2.24, 2.45) is 4.99 Å². The average molecular weight is 259 g/mol. The van der Waals surface area contributed by atoms with Crippen molar-refractivity contribution >= 4 is 17.0 Å². The smallest absolute Gasteiger partial charge is 0.0429 e. The average Bonchev–Trinajstić information content (AvgIpc) is 2.52. The van der Waals surface area contributed by atoms with Crippen LogP contribution in [0, 0.1) is 0 Å². The van der Waals surface area contributed by atoms with Gasteiger partial charge in [0.1, 0.15) is 0 Å². The van der Waals surface area contributed by atoms with Crippen LogP contribution in [-0.2, 0) is 6.42 Å². The number of hydrogen-bond acceptors (Lipinski definition) is 1. The van der Waals surface area contributed by atoms with Gasteiger partial charge in [-0.05, 0) is 28.3 Å². The number of fused-ring (bicyclic) bond motifs is 1. The molecule has 3 aromatic rings. The lowest BCUT2D eigenvalue weighted by Crippen LogP contribution is -1.91. The summed E-state index contributed by atoms with van der Waals surface area (Å²) in [6, 6.07) is 25.3. The van der Waals surface area contributed by atoms with E-state index >= 15 is 0 Å². The minimum absolute atomic E-state index is 0.827. The molecule has 0 aliphatic carbocycles. The van der Waals surface area contributed by atoms with Gasteiger partial charge < -0.3 is 0 Å². The molecule has 0 heterocycles. The SMILES string of the molecule is C(=NCCc1ccc2ccccc2c1)c1ccccc1. The summed E-state index contributed by atoms with van der Waals surface area (Å²) in [6.45, 7) is 0.827. The Balaban J connectivity index is 1.64. The summed E-state index contributed by atoms with van der Waals surface area (Å²) >= 11 is 0. The molecule has 0 aromatic heterocycles. The molecule has 0 bridgehead atoms. The van der Waals surface area contributed by atoms with E-state index in [1.54, 1.807) is 0 Å². The predicted molar refractivity (Wildman–Crippen MR) is 86.6 cm³/mol. The minimum Gasteiger partial charge on any atom is -0.292 e. The molecule has 0 spiro atoms. The zero-order valence-corrected chi connectivity index (χ0v) is 11.4. The van der Waals surface area contributed by atoms with E-state index in [1.165, 1.54) is 16.3 Å². The van der Waals surface area contributed by atoms with Gasteiger partial charge in [-0.1, -0.05) is 72.8 Å². The summed E-state index contributed by atoms with van der Waals surface area (Å²) in [5.74, 6) is 0. The summed E-state index contributed by atoms with van der Waals surface area (Å²) in [4.78, 5) is 4.49. The predicted octanol–water partition coefficient (Wildman–Crippen LogP) is 4.50. The molecule has 0 fully saturated rings. The van der Waals surface area contributed by atoms with E-state index in [9.17, 15) is 0 Å². The molecule has 0 saturated heterocycles. The molecular weight excluding hydrogens is 242 g/mol. The lowest BCUT2D eigenvalue weighted by Gasteiger charge is -2.02. The Morgan fingerprint density at radius 2 is 1.50 bits per heavy atom. The maximum absolute atomic E-state index is 4.49. The summed E-state index contributed by atoms with van der Waals surface area (Å²) in [7, 11) is 0. The van der Waals surface area contributed by atoms with Gasteiger partial charge in [0.15, 0.2) is 0 Å². The van der Waals surface area contributed by atoms with Crippen molar-refractivity contribution in [3.05, 3.63) is 83.9 Å². The maximum atomic E-state index is 4.49. The highest BCUT2D eigenvalue weighted by atomic mass is 14.7. The first-order valence-electron chi connectivity index (χ1n) is 6.94. The van der Waals surface area contributed by atoms with Crippen molar-refractivity contribution in [2.75, 3.05) is 6.54 Å². The summed E-state index contributed by atoms with van der Waals surface area (Å²) in [5, 5.41) is 2.60. The lowest BCUT2D eigenvalue weighted by molar-refractivity contribution is 0.975. The molecule has 1 nitrogen and oxygen atoms in total. The van der Waals surface area contributed by atoms with Gasteiger partial charge in [-0.15, -0.1) is 0 Å². The lowest BCUT2D eigenvalue weighted by atomic mass is 10.1. The first kappa shape index (κ1) is 12.6. The fourth-order valence-electron chi connectivity index (χ4n) is 2.30. The second-order valence-electron chi connectivity index (χ2n) is 4.88. The van der Waals surface area contributed by atoms with Crippen molar-refractivity contribution in [1.82, 2.24) is 0 Å². The molecule has 0 N–H and O–H groups in total. The van der Waals surface area contributed by atoms with E-state index in [4.69, 9.17) is 0 Å². The van der Waals surface area contributed by atoms with Crippen LogP contribution in [0.5, 0.6) is 0 Å². The fraction of sp³-hybridized carbons (Fsp3) is 0.105. The topological polar surface area (TPSA) is 12.4 Å². The van der Waals surface area contributed by atoms with Gasteiger partial charge >= 0.3 is 0 Å². The largest absolute Gasteiger partial charge is 0.292 e. The van der Waals surface area contributed by atoms with Gasteiger partial charge in [-0.25, -0.2) is 0 Å². The van der Waals surface area contributed by atoms with Crippen LogP contribution in [0.15, 0.2) is 77.8 Å². The highest BCUT2D eigenvalue weighted by Crippen LogP contribution is 2.15. The number of hydrogen-bond donors (Lipinski definition) is 0. The second kappa shape index (κ2) is 6.16. The van der Waals surface area contributed by atoms with Gasteiger partial charge in [0.2, 0.25) is 0 Å². The highest BCUT2D eigenvalue weighted by Gasteiger charge is 1.95. The zero-order valence-electron chi connectivity index (χ0n) is 11.4. The Bertz CT molecular complexity index is 714. The normalized spacial score (nSPS) is 11.2. The second-order valence-corrected chi connectivity index (χ2v) is 4.88. The van der Waals surface area contributed by atoms with Gasteiger partial charge in [0.25, 0.3) is 0 Å². The van der Waals surface area contributed by atoms with Crippen molar-refractivity contribution in [3.63, 3.8) is 0 Å². The van der Waals surface area contributed by atoms with E-state index in [0.717, 1.165) is 18.5 Å². The van der Waals surface area contributed by atoms with Crippen molar-refractivity contribution in [1.29, 1.82) is 0 Å². The van der Waals surface area contributed by atoms with Crippen LogP contribution in [0.4, 0.5) is 0 Å². The molecule has 0 amide bonds. The molecule has 0 atom stereocenters. The maximum Gasteiger partial charge on any atom is 0.0429 e. The minimum atomic E-state index is 0.827. The van der Waals surface area contributed by atoms with Crippen LogP contribution in [0.1, 0.15) is 11.1 Å². The Hall–Kier alpha value is -2.41. The van der Waals surface area contributed by atoms with Gasteiger partial charge in [0.05, 0.1) is 0 Å². The summed E-state index contributed by atoms with van der Waals surface area (Å²) in [6.07, 6.45) is 2.93. The third kappa shape index (κ3) is 3.12. The van der Waals surface area contributed by atoms with Crippen LogP contribution in [-0.4, -0.2) is 12.8 Å². The van der Waals surface area contributed by atoms with E-state index in [-0.39, 0.29) is 0 Å². The monoisotopic (exact) mass is 259 g/mol. The molecule has 20 heavy (non-hydrogen) atoms. The molecule has 0 aliphatic heterocycles. The molecule has 0 aliphatic rings. The van der Waals surface area contributed by atoms with Crippen LogP contribution in [0.25, 0.3) is 10.8 Å². The molecule has 1 heteroatoms. The third-order valence-electron chi connectivity index (χ3n) is 3.38. The van der Waals surface area contributed by atoms with E-state index in [0.29, 0.717) is 0 Å². The first-order chi connectivity index (χ1) is 9.92. The Kier molecular flexibility index (Phi) is 3.88. The molecule has 0 unspecified atom stereocenters. The van der Waals surface area contributed by atoms with Crippen molar-refractivity contribution in [3.8, 4) is 0 Å². The van der Waals surface area contributed by atoms with Crippen molar-refractivity contribution in [2.45, 2.75) is 6.42 Å². The Morgan fingerprint density at radius 3 is 2.35 bits per heavy atom. The molecule has 3 rings (SSSR count). The fourth-order valence-corrected chi connectivity index (χ4v) is 2.30. The summed E-state index contributed by atoms with van der Waals surface area (Å²) < 4.78 is 0. The van der Waals surface area contributed by atoms with Crippen LogP contribution < -0.4 is 0 Å². The van der Waals surface area contributed by atoms with Gasteiger partial charge in [-0.3, -0.25) is 4.99 Å². The number of rotatable bonds is 4. The van der Waals surface area contributed by atoms with E-state index < -0.39 is 0 Å². The Morgan fingerprint density at radius 1 is 0.750 bits per heavy atom. The molecular formula is C19H17N. The highest BCUT2D eigenvalue weighted by molar-refractivity contribution is 5.83. The van der Waals surface area contributed by atoms with Crippen LogP contribution >= 0.6 is 0 Å².